The van der Waals surface area contributed by atoms with E-state index in [1.54, 1.807) is 25.8 Å². The van der Waals surface area contributed by atoms with Gasteiger partial charge in [-0.05, 0) is 32.4 Å². The van der Waals surface area contributed by atoms with Crippen LogP contribution in [0.3, 0.4) is 0 Å². The summed E-state index contributed by atoms with van der Waals surface area (Å²) in [5.74, 6) is -0.0802. The van der Waals surface area contributed by atoms with E-state index in [0.717, 1.165) is 11.3 Å². The van der Waals surface area contributed by atoms with E-state index < -0.39 is 13.0 Å². The first-order valence-corrected chi connectivity index (χ1v) is 8.86. The van der Waals surface area contributed by atoms with Crippen LogP contribution in [0, 0.1) is 0 Å². The Morgan fingerprint density at radius 2 is 1.76 bits per heavy atom. The van der Waals surface area contributed by atoms with Crippen LogP contribution >= 0.6 is 7.60 Å². The Morgan fingerprint density at radius 3 is 2.33 bits per heavy atom. The summed E-state index contributed by atoms with van der Waals surface area (Å²) in [7, 11) is -1.57. The first-order chi connectivity index (χ1) is 9.88. The minimum atomic E-state index is -3.30. The van der Waals surface area contributed by atoms with Gasteiger partial charge in [0.1, 0.15) is 0 Å². The summed E-state index contributed by atoms with van der Waals surface area (Å²) in [6.45, 7) is 5.93. The molecule has 0 aromatic heterocycles. The molecular weight excluding hydrogens is 289 g/mol. The number of carbonyl (C=O) groups excluding carboxylic acids is 1. The third-order valence-corrected chi connectivity index (χ3v) is 6.12. The maximum Gasteiger partial charge on any atom is 0.332 e. The Labute approximate surface area is 125 Å². The molecule has 1 heterocycles. The van der Waals surface area contributed by atoms with Gasteiger partial charge >= 0.3 is 7.60 Å². The van der Waals surface area contributed by atoms with Crippen LogP contribution in [-0.4, -0.2) is 32.3 Å². The van der Waals surface area contributed by atoms with Gasteiger partial charge in [0.15, 0.2) is 0 Å². The van der Waals surface area contributed by atoms with Gasteiger partial charge in [-0.1, -0.05) is 18.2 Å². The summed E-state index contributed by atoms with van der Waals surface area (Å²) in [6.07, 6.45) is 0.0574. The number of rotatable bonds is 6. The zero-order valence-electron chi connectivity index (χ0n) is 13.0. The summed E-state index contributed by atoms with van der Waals surface area (Å²) < 4.78 is 23.5. The molecular formula is C15H22NO4P. The maximum atomic E-state index is 12.8. The second-order valence-electron chi connectivity index (χ2n) is 5.32. The number of anilines is 1. The van der Waals surface area contributed by atoms with Crippen molar-refractivity contribution in [3.05, 3.63) is 29.8 Å². The standard InChI is InChI=1S/C15H22NO4P/c1-5-19-21(18,20-6-2)11-15(3)12-9-7-8-10-13(12)16(4)14(15)17/h7-10H,5-6,11H2,1-4H3. The molecule has 6 heteroatoms. The van der Waals surface area contributed by atoms with Crippen molar-refractivity contribution in [3.8, 4) is 0 Å². The number of benzene rings is 1. The lowest BCUT2D eigenvalue weighted by molar-refractivity contribution is -0.121. The molecule has 0 bridgehead atoms. The molecule has 5 nitrogen and oxygen atoms in total. The van der Waals surface area contributed by atoms with Crippen LogP contribution in [-0.2, 0) is 23.8 Å². The SMILES string of the molecule is CCOP(=O)(CC1(C)C(=O)N(C)c2ccccc21)OCC. The molecule has 1 unspecified atom stereocenters. The van der Waals surface area contributed by atoms with Gasteiger partial charge in [0.2, 0.25) is 5.91 Å². The molecule has 0 spiro atoms. The van der Waals surface area contributed by atoms with Gasteiger partial charge in [0.25, 0.3) is 0 Å². The predicted molar refractivity (Wildman–Crippen MR) is 82.9 cm³/mol. The van der Waals surface area contributed by atoms with Gasteiger partial charge in [-0.3, -0.25) is 9.36 Å². The summed E-state index contributed by atoms with van der Waals surface area (Å²) in [6, 6.07) is 7.57. The van der Waals surface area contributed by atoms with Crippen LogP contribution in [0.25, 0.3) is 0 Å². The van der Waals surface area contributed by atoms with Gasteiger partial charge in [0.05, 0.1) is 24.8 Å². The highest BCUT2D eigenvalue weighted by Gasteiger charge is 2.50. The van der Waals surface area contributed by atoms with Gasteiger partial charge in [-0.2, -0.15) is 0 Å². The van der Waals surface area contributed by atoms with Crippen molar-refractivity contribution in [1.82, 2.24) is 0 Å². The topological polar surface area (TPSA) is 55.8 Å². The molecule has 1 atom stereocenters. The largest absolute Gasteiger partial charge is 0.332 e. The van der Waals surface area contributed by atoms with E-state index >= 15 is 0 Å². The summed E-state index contributed by atoms with van der Waals surface area (Å²) in [4.78, 5) is 14.3. The second kappa shape index (κ2) is 5.91. The molecule has 1 aliphatic rings. The lowest BCUT2D eigenvalue weighted by Crippen LogP contribution is -2.39. The zero-order chi connectivity index (χ0) is 15.7. The number of hydrogen-bond acceptors (Lipinski definition) is 4. The average Bonchev–Trinajstić information content (AvgIpc) is 2.62. The maximum absolute atomic E-state index is 12.8. The lowest BCUT2D eigenvalue weighted by atomic mass is 9.86. The Bertz CT molecular complexity index is 579. The molecule has 1 aromatic carbocycles. The molecule has 21 heavy (non-hydrogen) atoms. The Morgan fingerprint density at radius 1 is 1.19 bits per heavy atom. The van der Waals surface area contributed by atoms with Gasteiger partial charge < -0.3 is 13.9 Å². The fourth-order valence-electron chi connectivity index (χ4n) is 2.89. The van der Waals surface area contributed by atoms with Gasteiger partial charge in [-0.15, -0.1) is 0 Å². The highest BCUT2D eigenvalue weighted by molar-refractivity contribution is 7.54. The van der Waals surface area contributed by atoms with Crippen molar-refractivity contribution >= 4 is 19.2 Å². The van der Waals surface area contributed by atoms with Crippen molar-refractivity contribution in [1.29, 1.82) is 0 Å². The van der Waals surface area contributed by atoms with Crippen LogP contribution < -0.4 is 4.90 Å². The van der Waals surface area contributed by atoms with Gasteiger partial charge in [-0.25, -0.2) is 0 Å². The van der Waals surface area contributed by atoms with Crippen LogP contribution in [0.4, 0.5) is 5.69 Å². The Balaban J connectivity index is 2.42. The third kappa shape index (κ3) is 2.78. The van der Waals surface area contributed by atoms with Gasteiger partial charge in [0, 0.05) is 12.7 Å². The van der Waals surface area contributed by atoms with Crippen molar-refractivity contribution in [2.24, 2.45) is 0 Å². The predicted octanol–water partition coefficient (Wildman–Crippen LogP) is 3.19. The molecule has 0 fully saturated rings. The smallest absolute Gasteiger partial charge is 0.314 e. The van der Waals surface area contributed by atoms with Crippen LogP contribution in [0.1, 0.15) is 26.3 Å². The van der Waals surface area contributed by atoms with E-state index in [-0.39, 0.29) is 12.1 Å². The minimum absolute atomic E-state index is 0.0574. The Kier molecular flexibility index (Phi) is 4.57. The van der Waals surface area contributed by atoms with E-state index in [2.05, 4.69) is 0 Å². The molecule has 0 aliphatic carbocycles. The number of nitrogens with zero attached hydrogens (tertiary/aromatic N) is 1. The molecule has 1 aliphatic heterocycles. The Hall–Kier alpha value is -1.16. The van der Waals surface area contributed by atoms with E-state index in [9.17, 15) is 9.36 Å². The van der Waals surface area contributed by atoms with Crippen molar-refractivity contribution < 1.29 is 18.4 Å². The fourth-order valence-corrected chi connectivity index (χ4v) is 5.01. The average molecular weight is 311 g/mol. The molecule has 2 rings (SSSR count). The number of amides is 1. The van der Waals surface area contributed by atoms with E-state index in [1.165, 1.54) is 0 Å². The highest BCUT2D eigenvalue weighted by atomic mass is 31.2. The molecule has 0 saturated carbocycles. The summed E-state index contributed by atoms with van der Waals surface area (Å²) in [5.41, 5.74) is 0.840. The number of para-hydroxylation sites is 1. The first-order valence-electron chi connectivity index (χ1n) is 7.13. The lowest BCUT2D eigenvalue weighted by Gasteiger charge is -2.27. The first kappa shape index (κ1) is 16.2. The summed E-state index contributed by atoms with van der Waals surface area (Å²) >= 11 is 0. The number of likely N-dealkylation sites (N-methyl/N-ethyl adjacent to an activating group) is 1. The van der Waals surface area contributed by atoms with Crippen LogP contribution in [0.5, 0.6) is 0 Å². The summed E-state index contributed by atoms with van der Waals surface area (Å²) in [5, 5.41) is 0. The molecule has 0 N–H and O–H groups in total. The van der Waals surface area contributed by atoms with E-state index in [0.29, 0.717) is 13.2 Å². The highest BCUT2D eigenvalue weighted by Crippen LogP contribution is 2.55. The molecule has 1 aromatic rings. The molecule has 0 radical (unpaired) electrons. The fraction of sp³-hybridized carbons (Fsp3) is 0.533. The van der Waals surface area contributed by atoms with Crippen molar-refractivity contribution in [2.75, 3.05) is 31.3 Å². The zero-order valence-corrected chi connectivity index (χ0v) is 13.9. The van der Waals surface area contributed by atoms with Crippen molar-refractivity contribution in [3.63, 3.8) is 0 Å². The monoisotopic (exact) mass is 311 g/mol. The molecule has 116 valence electrons. The normalized spacial score (nSPS) is 21.7. The van der Waals surface area contributed by atoms with Crippen LogP contribution in [0.15, 0.2) is 24.3 Å². The van der Waals surface area contributed by atoms with Crippen molar-refractivity contribution in [2.45, 2.75) is 26.2 Å². The number of fused-ring (bicyclic) bond motifs is 1. The minimum Gasteiger partial charge on any atom is -0.314 e. The van der Waals surface area contributed by atoms with E-state index in [4.69, 9.17) is 9.05 Å². The molecule has 1 amide bonds. The number of hydrogen-bond donors (Lipinski definition) is 0. The quantitative estimate of drug-likeness (QED) is 0.757. The van der Waals surface area contributed by atoms with E-state index in [1.807, 2.05) is 31.2 Å². The molecule has 0 saturated heterocycles. The van der Waals surface area contributed by atoms with Crippen LogP contribution in [0.2, 0.25) is 0 Å². The second-order valence-corrected chi connectivity index (χ2v) is 7.37. The third-order valence-electron chi connectivity index (χ3n) is 3.80. The number of carbonyl (C=O) groups is 1.